The van der Waals surface area contributed by atoms with E-state index in [0.29, 0.717) is 23.4 Å². The molecule has 0 aliphatic carbocycles. The van der Waals surface area contributed by atoms with Crippen molar-refractivity contribution in [2.45, 2.75) is 27.3 Å². The summed E-state index contributed by atoms with van der Waals surface area (Å²) in [5.74, 6) is -0.331. The first-order valence-corrected chi connectivity index (χ1v) is 10.8. The predicted octanol–water partition coefficient (Wildman–Crippen LogP) is 4.98. The molecular weight excluding hydrogens is 412 g/mol. The van der Waals surface area contributed by atoms with Gasteiger partial charge in [0.05, 0.1) is 11.4 Å². The van der Waals surface area contributed by atoms with E-state index in [1.807, 2.05) is 80.1 Å². The van der Waals surface area contributed by atoms with Crippen LogP contribution in [0.3, 0.4) is 0 Å². The zero-order valence-corrected chi connectivity index (χ0v) is 18.9. The predicted molar refractivity (Wildman–Crippen MR) is 130 cm³/mol. The average molecular weight is 439 g/mol. The van der Waals surface area contributed by atoms with Gasteiger partial charge in [-0.2, -0.15) is 5.10 Å². The number of hydrogen-bond acceptors (Lipinski definition) is 3. The lowest BCUT2D eigenvalue weighted by molar-refractivity contribution is 0.0950. The van der Waals surface area contributed by atoms with Gasteiger partial charge < -0.3 is 10.6 Å². The molecule has 4 aromatic rings. The van der Waals surface area contributed by atoms with Crippen LogP contribution in [-0.4, -0.2) is 21.6 Å². The number of amides is 2. The number of benzene rings is 3. The Morgan fingerprint density at radius 2 is 1.48 bits per heavy atom. The molecule has 6 heteroatoms. The van der Waals surface area contributed by atoms with Crippen LogP contribution in [0, 0.1) is 20.8 Å². The van der Waals surface area contributed by atoms with Crippen LogP contribution in [0.1, 0.15) is 43.2 Å². The second-order valence-electron chi connectivity index (χ2n) is 8.09. The minimum absolute atomic E-state index is 0.163. The Morgan fingerprint density at radius 1 is 0.818 bits per heavy atom. The van der Waals surface area contributed by atoms with Crippen molar-refractivity contribution < 1.29 is 9.59 Å². The van der Waals surface area contributed by atoms with E-state index in [0.717, 1.165) is 28.2 Å². The molecule has 0 radical (unpaired) electrons. The van der Waals surface area contributed by atoms with E-state index in [1.54, 1.807) is 24.3 Å². The summed E-state index contributed by atoms with van der Waals surface area (Å²) in [6.45, 7) is 6.29. The molecule has 0 aliphatic rings. The SMILES string of the molecule is Cc1ccc(C(=O)Nc2cccc(CNC(=O)c3ccc(-n4nc(C)cc4C)cc3)c2)cc1. The van der Waals surface area contributed by atoms with Crippen LogP contribution in [0.5, 0.6) is 0 Å². The molecular formula is C27H26N4O2. The zero-order valence-electron chi connectivity index (χ0n) is 18.9. The summed E-state index contributed by atoms with van der Waals surface area (Å²) in [6.07, 6.45) is 0. The zero-order chi connectivity index (χ0) is 23.4. The average Bonchev–Trinajstić information content (AvgIpc) is 3.16. The van der Waals surface area contributed by atoms with E-state index in [2.05, 4.69) is 15.7 Å². The summed E-state index contributed by atoms with van der Waals surface area (Å²) >= 11 is 0. The molecule has 0 spiro atoms. The van der Waals surface area contributed by atoms with Crippen molar-refractivity contribution in [1.82, 2.24) is 15.1 Å². The van der Waals surface area contributed by atoms with Crippen LogP contribution in [0.15, 0.2) is 78.9 Å². The van der Waals surface area contributed by atoms with Crippen LogP contribution in [-0.2, 0) is 6.54 Å². The number of aryl methyl sites for hydroxylation is 3. The monoisotopic (exact) mass is 438 g/mol. The molecule has 4 rings (SSSR count). The summed E-state index contributed by atoms with van der Waals surface area (Å²) in [6, 6.07) is 24.2. The standard InChI is InChI=1S/C27H26N4O2/c1-18-7-9-23(10-8-18)27(33)29-24-6-4-5-21(16-24)17-28-26(32)22-11-13-25(14-12-22)31-20(3)15-19(2)30-31/h4-16H,17H2,1-3H3,(H,28,32)(H,29,33). The van der Waals surface area contributed by atoms with Gasteiger partial charge in [0, 0.05) is 29.1 Å². The topological polar surface area (TPSA) is 76.0 Å². The molecule has 0 saturated carbocycles. The van der Waals surface area contributed by atoms with E-state index in [9.17, 15) is 9.59 Å². The first kappa shape index (κ1) is 22.0. The lowest BCUT2D eigenvalue weighted by atomic mass is 10.1. The van der Waals surface area contributed by atoms with Gasteiger partial charge in [-0.25, -0.2) is 4.68 Å². The normalized spacial score (nSPS) is 10.6. The third-order valence-electron chi connectivity index (χ3n) is 5.34. The molecule has 0 saturated heterocycles. The highest BCUT2D eigenvalue weighted by Crippen LogP contribution is 2.15. The van der Waals surface area contributed by atoms with Crippen molar-refractivity contribution in [3.05, 3.63) is 113 Å². The Kier molecular flexibility index (Phi) is 6.36. The van der Waals surface area contributed by atoms with Gasteiger partial charge in [-0.15, -0.1) is 0 Å². The van der Waals surface area contributed by atoms with Crippen molar-refractivity contribution in [2.24, 2.45) is 0 Å². The van der Waals surface area contributed by atoms with Crippen molar-refractivity contribution in [1.29, 1.82) is 0 Å². The van der Waals surface area contributed by atoms with Crippen LogP contribution in [0.4, 0.5) is 5.69 Å². The third-order valence-corrected chi connectivity index (χ3v) is 5.34. The minimum Gasteiger partial charge on any atom is -0.348 e. The summed E-state index contributed by atoms with van der Waals surface area (Å²) in [7, 11) is 0. The number of carbonyl (C=O) groups excluding carboxylic acids is 2. The molecule has 33 heavy (non-hydrogen) atoms. The highest BCUT2D eigenvalue weighted by Gasteiger charge is 2.09. The number of aromatic nitrogens is 2. The van der Waals surface area contributed by atoms with Crippen molar-refractivity contribution in [3.8, 4) is 5.69 Å². The first-order valence-electron chi connectivity index (χ1n) is 10.8. The van der Waals surface area contributed by atoms with E-state index < -0.39 is 0 Å². The highest BCUT2D eigenvalue weighted by atomic mass is 16.2. The van der Waals surface area contributed by atoms with Gasteiger partial charge in [-0.1, -0.05) is 29.8 Å². The van der Waals surface area contributed by atoms with E-state index in [-0.39, 0.29) is 11.8 Å². The summed E-state index contributed by atoms with van der Waals surface area (Å²) in [4.78, 5) is 25.1. The third kappa shape index (κ3) is 5.36. The molecule has 1 heterocycles. The second-order valence-corrected chi connectivity index (χ2v) is 8.09. The molecule has 2 N–H and O–H groups in total. The summed E-state index contributed by atoms with van der Waals surface area (Å²) < 4.78 is 1.85. The number of anilines is 1. The van der Waals surface area contributed by atoms with Gasteiger partial charge in [0.1, 0.15) is 0 Å². The Bertz CT molecular complexity index is 1290. The molecule has 0 aliphatic heterocycles. The number of nitrogens with zero attached hydrogens (tertiary/aromatic N) is 2. The van der Waals surface area contributed by atoms with Gasteiger partial charge in [0.2, 0.25) is 0 Å². The fourth-order valence-corrected chi connectivity index (χ4v) is 3.60. The number of carbonyl (C=O) groups is 2. The maximum Gasteiger partial charge on any atom is 0.255 e. The first-order chi connectivity index (χ1) is 15.9. The van der Waals surface area contributed by atoms with E-state index in [1.165, 1.54) is 0 Å². The molecule has 1 aromatic heterocycles. The van der Waals surface area contributed by atoms with Crippen molar-refractivity contribution >= 4 is 17.5 Å². The molecule has 3 aromatic carbocycles. The molecule has 0 atom stereocenters. The summed E-state index contributed by atoms with van der Waals surface area (Å²) in [5, 5.41) is 10.3. The molecule has 0 fully saturated rings. The fourth-order valence-electron chi connectivity index (χ4n) is 3.60. The lowest BCUT2D eigenvalue weighted by Crippen LogP contribution is -2.23. The van der Waals surface area contributed by atoms with Crippen LogP contribution in [0.25, 0.3) is 5.69 Å². The van der Waals surface area contributed by atoms with Crippen molar-refractivity contribution in [3.63, 3.8) is 0 Å². The maximum atomic E-state index is 12.6. The van der Waals surface area contributed by atoms with E-state index >= 15 is 0 Å². The molecule has 166 valence electrons. The number of rotatable bonds is 6. The van der Waals surface area contributed by atoms with Crippen LogP contribution >= 0.6 is 0 Å². The quantitative estimate of drug-likeness (QED) is 0.446. The molecule has 0 unspecified atom stereocenters. The molecule has 2 amide bonds. The van der Waals surface area contributed by atoms with E-state index in [4.69, 9.17) is 0 Å². The van der Waals surface area contributed by atoms with Crippen LogP contribution < -0.4 is 10.6 Å². The van der Waals surface area contributed by atoms with Gasteiger partial charge in [-0.3, -0.25) is 9.59 Å². The van der Waals surface area contributed by atoms with Gasteiger partial charge >= 0.3 is 0 Å². The molecule has 6 nitrogen and oxygen atoms in total. The molecule has 0 bridgehead atoms. The Morgan fingerprint density at radius 3 is 2.15 bits per heavy atom. The van der Waals surface area contributed by atoms with Gasteiger partial charge in [0.25, 0.3) is 11.8 Å². The number of nitrogens with one attached hydrogen (secondary N) is 2. The highest BCUT2D eigenvalue weighted by molar-refractivity contribution is 6.04. The van der Waals surface area contributed by atoms with Gasteiger partial charge in [-0.05, 0) is 80.9 Å². The smallest absolute Gasteiger partial charge is 0.255 e. The number of hydrogen-bond donors (Lipinski definition) is 2. The fraction of sp³-hybridized carbons (Fsp3) is 0.148. The Hall–Kier alpha value is -4.19. The van der Waals surface area contributed by atoms with Crippen molar-refractivity contribution in [2.75, 3.05) is 5.32 Å². The second kappa shape index (κ2) is 9.53. The largest absolute Gasteiger partial charge is 0.348 e. The summed E-state index contributed by atoms with van der Waals surface area (Å²) in [5.41, 5.74) is 6.75. The van der Waals surface area contributed by atoms with Gasteiger partial charge in [0.15, 0.2) is 0 Å². The minimum atomic E-state index is -0.168. The maximum absolute atomic E-state index is 12.6. The lowest BCUT2D eigenvalue weighted by Gasteiger charge is -2.10. The van der Waals surface area contributed by atoms with Crippen LogP contribution in [0.2, 0.25) is 0 Å². The Balaban J connectivity index is 1.37. The Labute approximate surface area is 193 Å².